The van der Waals surface area contributed by atoms with Crippen LogP contribution in [-0.2, 0) is 0 Å². The minimum absolute atomic E-state index is 0.188. The molecule has 0 fully saturated rings. The van der Waals surface area contributed by atoms with Crippen LogP contribution in [0.2, 0.25) is 0 Å². The third kappa shape index (κ3) is 1.37. The largest absolute Gasteiger partial charge is 0.509 e. The van der Waals surface area contributed by atoms with Crippen molar-refractivity contribution in [3.8, 4) is 0 Å². The lowest BCUT2D eigenvalue weighted by molar-refractivity contribution is 0.250. The van der Waals surface area contributed by atoms with Crippen LogP contribution >= 0.6 is 0 Å². The molecule has 0 saturated carbocycles. The molecule has 0 radical (unpaired) electrons. The number of allylic oxidation sites excluding steroid dienone is 2. The van der Waals surface area contributed by atoms with E-state index >= 15 is 0 Å². The standard InChI is InChI=1S/C7H12O2/c1-5-2-3-6(8)7(9)4-5/h5,8-9H,2-4H2,1H3/t5-/m0/s1. The minimum atomic E-state index is 0.188. The predicted molar refractivity (Wildman–Crippen MR) is 35.3 cm³/mol. The highest BCUT2D eigenvalue weighted by molar-refractivity contribution is 5.03. The van der Waals surface area contributed by atoms with Crippen LogP contribution in [0.15, 0.2) is 11.5 Å². The summed E-state index contributed by atoms with van der Waals surface area (Å²) in [5, 5.41) is 17.9. The molecule has 0 aromatic heterocycles. The molecule has 1 atom stereocenters. The van der Waals surface area contributed by atoms with Gasteiger partial charge in [0.2, 0.25) is 0 Å². The SMILES string of the molecule is C[C@H]1CCC(O)=C(O)C1. The van der Waals surface area contributed by atoms with E-state index in [-0.39, 0.29) is 11.5 Å². The van der Waals surface area contributed by atoms with Gasteiger partial charge in [0, 0.05) is 12.8 Å². The van der Waals surface area contributed by atoms with E-state index in [4.69, 9.17) is 10.2 Å². The highest BCUT2D eigenvalue weighted by Crippen LogP contribution is 2.25. The molecule has 2 nitrogen and oxygen atoms in total. The van der Waals surface area contributed by atoms with E-state index in [0.29, 0.717) is 18.8 Å². The van der Waals surface area contributed by atoms with Crippen LogP contribution in [0.25, 0.3) is 0 Å². The van der Waals surface area contributed by atoms with Crippen LogP contribution in [0, 0.1) is 5.92 Å². The van der Waals surface area contributed by atoms with Gasteiger partial charge in [-0.15, -0.1) is 0 Å². The molecule has 0 bridgehead atoms. The summed E-state index contributed by atoms with van der Waals surface area (Å²) in [6, 6.07) is 0. The van der Waals surface area contributed by atoms with Gasteiger partial charge in [0.1, 0.15) is 11.5 Å². The quantitative estimate of drug-likeness (QED) is 0.524. The summed E-state index contributed by atoms with van der Waals surface area (Å²) in [4.78, 5) is 0. The van der Waals surface area contributed by atoms with Crippen LogP contribution in [-0.4, -0.2) is 10.2 Å². The average molecular weight is 128 g/mol. The van der Waals surface area contributed by atoms with Crippen molar-refractivity contribution in [3.63, 3.8) is 0 Å². The van der Waals surface area contributed by atoms with Gasteiger partial charge in [-0.2, -0.15) is 0 Å². The van der Waals surface area contributed by atoms with Crippen molar-refractivity contribution in [2.45, 2.75) is 26.2 Å². The van der Waals surface area contributed by atoms with E-state index in [9.17, 15) is 0 Å². The number of rotatable bonds is 0. The molecule has 0 aromatic carbocycles. The number of aliphatic hydroxyl groups is 2. The van der Waals surface area contributed by atoms with Crippen LogP contribution in [0.5, 0.6) is 0 Å². The summed E-state index contributed by atoms with van der Waals surface area (Å²) in [6.07, 6.45) is 2.29. The van der Waals surface area contributed by atoms with Gasteiger partial charge in [-0.3, -0.25) is 0 Å². The van der Waals surface area contributed by atoms with E-state index in [1.807, 2.05) is 0 Å². The second-order valence-corrected chi connectivity index (χ2v) is 2.74. The Hall–Kier alpha value is -0.660. The Labute approximate surface area is 54.8 Å². The molecule has 9 heavy (non-hydrogen) atoms. The van der Waals surface area contributed by atoms with E-state index in [2.05, 4.69) is 6.92 Å². The Morgan fingerprint density at radius 3 is 2.44 bits per heavy atom. The van der Waals surface area contributed by atoms with Gasteiger partial charge in [0.15, 0.2) is 0 Å². The maximum atomic E-state index is 8.98. The summed E-state index contributed by atoms with van der Waals surface area (Å²) >= 11 is 0. The van der Waals surface area contributed by atoms with Gasteiger partial charge in [0.05, 0.1) is 0 Å². The van der Waals surface area contributed by atoms with Crippen molar-refractivity contribution >= 4 is 0 Å². The fraction of sp³-hybridized carbons (Fsp3) is 0.714. The number of aliphatic hydroxyl groups excluding tert-OH is 2. The van der Waals surface area contributed by atoms with Crippen molar-refractivity contribution in [2.75, 3.05) is 0 Å². The molecule has 1 rings (SSSR count). The first-order valence-electron chi connectivity index (χ1n) is 3.30. The lowest BCUT2D eigenvalue weighted by Gasteiger charge is -2.16. The summed E-state index contributed by atoms with van der Waals surface area (Å²) in [5.74, 6) is 0.905. The van der Waals surface area contributed by atoms with Crippen LogP contribution < -0.4 is 0 Å². The molecule has 0 saturated heterocycles. The first-order valence-corrected chi connectivity index (χ1v) is 3.30. The second-order valence-electron chi connectivity index (χ2n) is 2.74. The summed E-state index contributed by atoms with van der Waals surface area (Å²) in [6.45, 7) is 2.07. The predicted octanol–water partition coefficient (Wildman–Crippen LogP) is 2.13. The fourth-order valence-electron chi connectivity index (χ4n) is 1.08. The van der Waals surface area contributed by atoms with Gasteiger partial charge in [-0.25, -0.2) is 0 Å². The Bertz CT molecular complexity index is 138. The fourth-order valence-corrected chi connectivity index (χ4v) is 1.08. The average Bonchev–Trinajstić information content (AvgIpc) is 1.80. The van der Waals surface area contributed by atoms with Crippen molar-refractivity contribution in [1.82, 2.24) is 0 Å². The molecular weight excluding hydrogens is 116 g/mol. The highest BCUT2D eigenvalue weighted by Gasteiger charge is 2.15. The Morgan fingerprint density at radius 2 is 2.00 bits per heavy atom. The van der Waals surface area contributed by atoms with Gasteiger partial charge in [0.25, 0.3) is 0 Å². The monoisotopic (exact) mass is 128 g/mol. The Balaban J connectivity index is 2.61. The van der Waals surface area contributed by atoms with Crippen LogP contribution in [0.3, 0.4) is 0 Å². The Morgan fingerprint density at radius 1 is 1.33 bits per heavy atom. The van der Waals surface area contributed by atoms with Crippen LogP contribution in [0.1, 0.15) is 26.2 Å². The van der Waals surface area contributed by atoms with E-state index in [1.165, 1.54) is 0 Å². The summed E-state index contributed by atoms with van der Waals surface area (Å²) in [7, 11) is 0. The summed E-state index contributed by atoms with van der Waals surface area (Å²) < 4.78 is 0. The lowest BCUT2D eigenvalue weighted by Crippen LogP contribution is -2.06. The maximum Gasteiger partial charge on any atom is 0.130 e. The molecule has 0 amide bonds. The summed E-state index contributed by atoms with van der Waals surface area (Å²) in [5.41, 5.74) is 0. The van der Waals surface area contributed by atoms with Crippen molar-refractivity contribution in [1.29, 1.82) is 0 Å². The zero-order valence-electron chi connectivity index (χ0n) is 5.59. The normalized spacial score (nSPS) is 28.8. The van der Waals surface area contributed by atoms with Gasteiger partial charge in [-0.05, 0) is 12.3 Å². The van der Waals surface area contributed by atoms with E-state index in [0.717, 1.165) is 6.42 Å². The highest BCUT2D eigenvalue weighted by atomic mass is 16.3. The zero-order valence-corrected chi connectivity index (χ0v) is 5.59. The molecule has 0 aromatic rings. The van der Waals surface area contributed by atoms with Crippen LogP contribution in [0.4, 0.5) is 0 Å². The van der Waals surface area contributed by atoms with Gasteiger partial charge < -0.3 is 10.2 Å². The molecule has 0 aliphatic heterocycles. The molecular formula is C7H12O2. The molecule has 0 heterocycles. The minimum Gasteiger partial charge on any atom is -0.509 e. The number of hydrogen-bond donors (Lipinski definition) is 2. The Kier molecular flexibility index (Phi) is 1.65. The van der Waals surface area contributed by atoms with Gasteiger partial charge in [-0.1, -0.05) is 6.92 Å². The third-order valence-electron chi connectivity index (χ3n) is 1.75. The smallest absolute Gasteiger partial charge is 0.130 e. The molecule has 2 N–H and O–H groups in total. The molecule has 1 aliphatic rings. The molecule has 0 spiro atoms. The third-order valence-corrected chi connectivity index (χ3v) is 1.75. The van der Waals surface area contributed by atoms with Crippen molar-refractivity contribution < 1.29 is 10.2 Å². The van der Waals surface area contributed by atoms with E-state index < -0.39 is 0 Å². The van der Waals surface area contributed by atoms with Crippen molar-refractivity contribution in [2.24, 2.45) is 5.92 Å². The molecule has 1 aliphatic carbocycles. The second kappa shape index (κ2) is 2.29. The van der Waals surface area contributed by atoms with E-state index in [1.54, 1.807) is 0 Å². The molecule has 0 unspecified atom stereocenters. The first-order chi connectivity index (χ1) is 4.20. The maximum absolute atomic E-state index is 8.98. The topological polar surface area (TPSA) is 40.5 Å². The zero-order chi connectivity index (χ0) is 6.85. The lowest BCUT2D eigenvalue weighted by atomic mass is 9.94. The first kappa shape index (κ1) is 6.46. The molecule has 2 heteroatoms. The number of hydrogen-bond acceptors (Lipinski definition) is 2. The van der Waals surface area contributed by atoms with Gasteiger partial charge >= 0.3 is 0 Å². The molecule has 52 valence electrons. The van der Waals surface area contributed by atoms with Crippen molar-refractivity contribution in [3.05, 3.63) is 11.5 Å².